The molecule has 1 aromatic rings. The van der Waals surface area contributed by atoms with Crippen LogP contribution in [0.2, 0.25) is 0 Å². The topological polar surface area (TPSA) is 63.9 Å². The molecule has 0 spiro atoms. The van der Waals surface area contributed by atoms with Gasteiger partial charge in [-0.1, -0.05) is 37.3 Å². The number of hydrogen-bond donors (Lipinski definition) is 3. The Bertz CT molecular complexity index is 359. The molecule has 4 heteroatoms. The number of nitrogens with zero attached hydrogens (tertiary/aromatic N) is 1. The zero-order valence-electron chi connectivity index (χ0n) is 10.6. The number of β-amino-alcohol motifs (C(OH)–C–C–N with tert-alkyl or cyclic N) is 2. The molecule has 0 amide bonds. The highest BCUT2D eigenvalue weighted by Gasteiger charge is 2.33. The van der Waals surface area contributed by atoms with E-state index in [9.17, 15) is 15.3 Å². The first kappa shape index (κ1) is 13.5. The van der Waals surface area contributed by atoms with Gasteiger partial charge in [-0.2, -0.15) is 0 Å². The maximum absolute atomic E-state index is 9.65. The summed E-state index contributed by atoms with van der Waals surface area (Å²) in [6, 6.07) is 10.2. The number of benzene rings is 1. The Balaban J connectivity index is 1.94. The lowest BCUT2D eigenvalue weighted by atomic mass is 9.97. The van der Waals surface area contributed by atoms with Crippen LogP contribution in [0.5, 0.6) is 0 Å². The van der Waals surface area contributed by atoms with Gasteiger partial charge in [-0.25, -0.2) is 0 Å². The van der Waals surface area contributed by atoms with Crippen molar-refractivity contribution >= 4 is 0 Å². The maximum Gasteiger partial charge on any atom is 0.108 e. The minimum atomic E-state index is -1.02. The predicted octanol–water partition coefficient (Wildman–Crippen LogP) is 0.188. The van der Waals surface area contributed by atoms with Crippen LogP contribution in [0, 0.1) is 0 Å². The third kappa shape index (κ3) is 3.09. The van der Waals surface area contributed by atoms with E-state index in [-0.39, 0.29) is 0 Å². The molecule has 1 aliphatic heterocycles. The van der Waals surface area contributed by atoms with E-state index >= 15 is 0 Å². The Kier molecular flexibility index (Phi) is 4.35. The molecule has 0 bridgehead atoms. The largest absolute Gasteiger partial charge is 0.389 e. The van der Waals surface area contributed by atoms with Crippen molar-refractivity contribution in [2.75, 3.05) is 19.6 Å². The molecule has 18 heavy (non-hydrogen) atoms. The molecule has 0 aromatic heterocycles. The van der Waals surface area contributed by atoms with Gasteiger partial charge in [0.25, 0.3) is 0 Å². The summed E-state index contributed by atoms with van der Waals surface area (Å²) in [6.45, 7) is 3.72. The normalized spacial score (nSPS) is 31.2. The van der Waals surface area contributed by atoms with Gasteiger partial charge in [0.15, 0.2) is 0 Å². The van der Waals surface area contributed by atoms with Gasteiger partial charge in [0.05, 0.1) is 12.2 Å². The second kappa shape index (κ2) is 5.80. The summed E-state index contributed by atoms with van der Waals surface area (Å²) in [7, 11) is 0. The summed E-state index contributed by atoms with van der Waals surface area (Å²) in [6.07, 6.45) is -2.75. The molecular weight excluding hydrogens is 230 g/mol. The van der Waals surface area contributed by atoms with E-state index in [0.29, 0.717) is 19.0 Å². The molecule has 0 radical (unpaired) electrons. The minimum Gasteiger partial charge on any atom is -0.389 e. The van der Waals surface area contributed by atoms with E-state index in [2.05, 4.69) is 19.1 Å². The number of aliphatic hydroxyl groups excluding tert-OH is 3. The number of aliphatic hydroxyl groups is 3. The quantitative estimate of drug-likeness (QED) is 0.717. The number of hydrogen-bond acceptors (Lipinski definition) is 4. The molecule has 1 aliphatic rings. The van der Waals surface area contributed by atoms with Crippen LogP contribution in [0.4, 0.5) is 0 Å². The lowest BCUT2D eigenvalue weighted by Crippen LogP contribution is -2.55. The highest BCUT2D eigenvalue weighted by molar-refractivity contribution is 5.19. The molecular formula is C14H21NO3. The zero-order chi connectivity index (χ0) is 13.1. The lowest BCUT2D eigenvalue weighted by Gasteiger charge is -2.38. The van der Waals surface area contributed by atoms with Crippen LogP contribution in [-0.2, 0) is 0 Å². The van der Waals surface area contributed by atoms with Crippen molar-refractivity contribution in [1.82, 2.24) is 4.90 Å². The van der Waals surface area contributed by atoms with Gasteiger partial charge in [-0.05, 0) is 11.5 Å². The van der Waals surface area contributed by atoms with Crippen LogP contribution in [0.25, 0.3) is 0 Å². The molecule has 1 saturated heterocycles. The fourth-order valence-electron chi connectivity index (χ4n) is 2.50. The summed E-state index contributed by atoms with van der Waals surface area (Å²) < 4.78 is 0. The van der Waals surface area contributed by atoms with E-state index in [1.165, 1.54) is 5.56 Å². The fourth-order valence-corrected chi connectivity index (χ4v) is 2.50. The molecule has 1 aromatic carbocycles. The Morgan fingerprint density at radius 1 is 1.11 bits per heavy atom. The molecule has 0 aliphatic carbocycles. The average molecular weight is 251 g/mol. The molecule has 100 valence electrons. The monoisotopic (exact) mass is 251 g/mol. The van der Waals surface area contributed by atoms with Gasteiger partial charge in [0, 0.05) is 19.6 Å². The van der Waals surface area contributed by atoms with Gasteiger partial charge in [-0.3, -0.25) is 4.90 Å². The minimum absolute atomic E-state index is 0.334. The molecule has 0 unspecified atom stereocenters. The van der Waals surface area contributed by atoms with Crippen molar-refractivity contribution in [2.24, 2.45) is 0 Å². The van der Waals surface area contributed by atoms with Crippen molar-refractivity contribution in [3.63, 3.8) is 0 Å². The van der Waals surface area contributed by atoms with Crippen molar-refractivity contribution < 1.29 is 15.3 Å². The second-order valence-corrected chi connectivity index (χ2v) is 5.16. The van der Waals surface area contributed by atoms with Crippen molar-refractivity contribution in [2.45, 2.75) is 31.2 Å². The van der Waals surface area contributed by atoms with E-state index in [1.54, 1.807) is 0 Å². The summed E-state index contributed by atoms with van der Waals surface area (Å²) in [5.41, 5.74) is 1.24. The fraction of sp³-hybridized carbons (Fsp3) is 0.571. The molecule has 4 atom stereocenters. The highest BCUT2D eigenvalue weighted by atomic mass is 16.4. The van der Waals surface area contributed by atoms with E-state index in [0.717, 1.165) is 6.54 Å². The van der Waals surface area contributed by atoms with Gasteiger partial charge >= 0.3 is 0 Å². The molecule has 2 rings (SSSR count). The van der Waals surface area contributed by atoms with E-state index in [1.807, 2.05) is 23.1 Å². The summed E-state index contributed by atoms with van der Waals surface area (Å²) in [5, 5.41) is 28.8. The second-order valence-electron chi connectivity index (χ2n) is 5.16. The van der Waals surface area contributed by atoms with Crippen LogP contribution in [0.15, 0.2) is 30.3 Å². The maximum atomic E-state index is 9.65. The number of piperidine rings is 1. The average Bonchev–Trinajstić information content (AvgIpc) is 2.37. The number of likely N-dealkylation sites (tertiary alicyclic amines) is 1. The molecule has 3 N–H and O–H groups in total. The zero-order valence-corrected chi connectivity index (χ0v) is 10.6. The molecule has 1 fully saturated rings. The van der Waals surface area contributed by atoms with Crippen LogP contribution in [0.3, 0.4) is 0 Å². The summed E-state index contributed by atoms with van der Waals surface area (Å²) in [4.78, 5) is 2.00. The third-order valence-corrected chi connectivity index (χ3v) is 3.58. The first-order valence-electron chi connectivity index (χ1n) is 6.39. The van der Waals surface area contributed by atoms with Crippen LogP contribution in [-0.4, -0.2) is 58.2 Å². The van der Waals surface area contributed by atoms with Gasteiger partial charge in [-0.15, -0.1) is 0 Å². The standard InChI is InChI=1S/C14H21NO3/c1-10(11-5-3-2-4-6-11)7-15-8-12(16)14(18)13(17)9-15/h2-6,10,12-14,16-18H,7-9H2,1H3/t10-,12-,13+,14+/m1/s1. The lowest BCUT2D eigenvalue weighted by molar-refractivity contribution is -0.110. The molecule has 0 saturated carbocycles. The highest BCUT2D eigenvalue weighted by Crippen LogP contribution is 2.19. The molecule has 1 heterocycles. The third-order valence-electron chi connectivity index (χ3n) is 3.58. The summed E-state index contributed by atoms with van der Waals surface area (Å²) >= 11 is 0. The molecule has 4 nitrogen and oxygen atoms in total. The predicted molar refractivity (Wildman–Crippen MR) is 69.3 cm³/mol. The van der Waals surface area contributed by atoms with Gasteiger partial charge < -0.3 is 15.3 Å². The summed E-state index contributed by atoms with van der Waals surface area (Å²) in [5.74, 6) is 0.334. The van der Waals surface area contributed by atoms with Crippen molar-refractivity contribution in [3.05, 3.63) is 35.9 Å². The number of rotatable bonds is 3. The van der Waals surface area contributed by atoms with E-state index in [4.69, 9.17) is 0 Å². The van der Waals surface area contributed by atoms with E-state index < -0.39 is 18.3 Å². The van der Waals surface area contributed by atoms with Crippen LogP contribution < -0.4 is 0 Å². The Hall–Kier alpha value is -0.940. The first-order chi connectivity index (χ1) is 8.58. The Labute approximate surface area is 107 Å². The Morgan fingerprint density at radius 2 is 1.67 bits per heavy atom. The first-order valence-corrected chi connectivity index (χ1v) is 6.39. The van der Waals surface area contributed by atoms with Crippen molar-refractivity contribution in [3.8, 4) is 0 Å². The SMILES string of the molecule is C[C@H](CN1C[C@@H](O)[C@H](O)[C@@H](O)C1)c1ccccc1. The van der Waals surface area contributed by atoms with Gasteiger partial charge in [0.2, 0.25) is 0 Å². The van der Waals surface area contributed by atoms with Crippen molar-refractivity contribution in [1.29, 1.82) is 0 Å². The Morgan fingerprint density at radius 3 is 2.22 bits per heavy atom. The van der Waals surface area contributed by atoms with Crippen LogP contribution in [0.1, 0.15) is 18.4 Å². The van der Waals surface area contributed by atoms with Crippen LogP contribution >= 0.6 is 0 Å². The smallest absolute Gasteiger partial charge is 0.108 e. The van der Waals surface area contributed by atoms with Gasteiger partial charge in [0.1, 0.15) is 6.10 Å².